The highest BCUT2D eigenvalue weighted by atomic mass is 16.5. The van der Waals surface area contributed by atoms with E-state index in [1.807, 2.05) is 0 Å². The summed E-state index contributed by atoms with van der Waals surface area (Å²) in [5.74, 6) is 0.604. The average Bonchev–Trinajstić information content (AvgIpc) is 2.35. The highest BCUT2D eigenvalue weighted by Gasteiger charge is 2.23. The molecule has 2 heteroatoms. The molecule has 2 nitrogen and oxygen atoms in total. The van der Waals surface area contributed by atoms with Gasteiger partial charge in [-0.05, 0) is 49.8 Å². The number of hydrogen-bond donors (Lipinski definition) is 1. The minimum Gasteiger partial charge on any atom is -0.381 e. The first-order chi connectivity index (χ1) is 8.58. The van der Waals surface area contributed by atoms with Crippen molar-refractivity contribution in [3.63, 3.8) is 0 Å². The lowest BCUT2D eigenvalue weighted by Gasteiger charge is -2.32. The Kier molecular flexibility index (Phi) is 4.41. The summed E-state index contributed by atoms with van der Waals surface area (Å²) in [6, 6.07) is 7.75. The van der Waals surface area contributed by atoms with Gasteiger partial charge in [-0.3, -0.25) is 0 Å². The van der Waals surface area contributed by atoms with E-state index in [0.29, 0.717) is 18.0 Å². The molecular formula is C16H25NO. The van der Waals surface area contributed by atoms with Gasteiger partial charge in [0.2, 0.25) is 0 Å². The Hall–Kier alpha value is -0.860. The van der Waals surface area contributed by atoms with E-state index < -0.39 is 0 Å². The van der Waals surface area contributed by atoms with Crippen molar-refractivity contribution >= 4 is 0 Å². The van der Waals surface area contributed by atoms with E-state index in [1.165, 1.54) is 16.7 Å². The summed E-state index contributed by atoms with van der Waals surface area (Å²) >= 11 is 0. The molecule has 1 fully saturated rings. The number of ether oxygens (including phenoxy) is 1. The largest absolute Gasteiger partial charge is 0.381 e. The van der Waals surface area contributed by atoms with Crippen molar-refractivity contribution in [3.05, 3.63) is 34.9 Å². The Morgan fingerprint density at radius 2 is 2.06 bits per heavy atom. The number of aryl methyl sites for hydroxylation is 2. The van der Waals surface area contributed by atoms with Crippen LogP contribution in [0, 0.1) is 19.8 Å². The summed E-state index contributed by atoms with van der Waals surface area (Å²) in [6.07, 6.45) is 1.12. The van der Waals surface area contributed by atoms with Crippen LogP contribution in [0.4, 0.5) is 0 Å². The van der Waals surface area contributed by atoms with Crippen LogP contribution < -0.4 is 5.32 Å². The lowest BCUT2D eigenvalue weighted by atomic mass is 9.95. The minimum absolute atomic E-state index is 0.412. The predicted molar refractivity (Wildman–Crippen MR) is 75.9 cm³/mol. The SMILES string of the molecule is Cc1ccc(C(C)NC2CCOCC2C)cc1C. The first kappa shape index (κ1) is 13.6. The first-order valence-electron chi connectivity index (χ1n) is 6.99. The minimum atomic E-state index is 0.412. The van der Waals surface area contributed by atoms with E-state index in [9.17, 15) is 0 Å². The Balaban J connectivity index is 2.02. The molecule has 1 N–H and O–H groups in total. The number of benzene rings is 1. The summed E-state index contributed by atoms with van der Waals surface area (Å²) in [4.78, 5) is 0. The topological polar surface area (TPSA) is 21.3 Å². The van der Waals surface area contributed by atoms with Gasteiger partial charge in [0.05, 0.1) is 6.61 Å². The fraction of sp³-hybridized carbons (Fsp3) is 0.625. The van der Waals surface area contributed by atoms with Gasteiger partial charge in [-0.25, -0.2) is 0 Å². The Morgan fingerprint density at radius 1 is 1.28 bits per heavy atom. The lowest BCUT2D eigenvalue weighted by molar-refractivity contribution is 0.0363. The molecule has 100 valence electrons. The maximum Gasteiger partial charge on any atom is 0.0506 e. The summed E-state index contributed by atoms with van der Waals surface area (Å²) in [7, 11) is 0. The van der Waals surface area contributed by atoms with Crippen molar-refractivity contribution in [1.29, 1.82) is 0 Å². The number of nitrogens with one attached hydrogen (secondary N) is 1. The molecule has 0 spiro atoms. The third kappa shape index (κ3) is 3.12. The summed E-state index contributed by atoms with van der Waals surface area (Å²) < 4.78 is 5.49. The van der Waals surface area contributed by atoms with Crippen molar-refractivity contribution in [2.75, 3.05) is 13.2 Å². The monoisotopic (exact) mass is 247 g/mol. The Morgan fingerprint density at radius 3 is 2.72 bits per heavy atom. The van der Waals surface area contributed by atoms with Crippen LogP contribution in [0.5, 0.6) is 0 Å². The third-order valence-electron chi connectivity index (χ3n) is 4.14. The molecule has 0 aliphatic carbocycles. The molecule has 1 heterocycles. The highest BCUT2D eigenvalue weighted by molar-refractivity contribution is 5.31. The zero-order valence-corrected chi connectivity index (χ0v) is 12.0. The van der Waals surface area contributed by atoms with Crippen LogP contribution in [0.3, 0.4) is 0 Å². The molecule has 1 aliphatic rings. The van der Waals surface area contributed by atoms with Crippen LogP contribution in [0.25, 0.3) is 0 Å². The summed E-state index contributed by atoms with van der Waals surface area (Å²) in [5.41, 5.74) is 4.13. The molecule has 0 bridgehead atoms. The van der Waals surface area contributed by atoms with Crippen molar-refractivity contribution in [2.24, 2.45) is 5.92 Å². The first-order valence-corrected chi connectivity index (χ1v) is 6.99. The molecular weight excluding hydrogens is 222 g/mol. The molecule has 0 amide bonds. The fourth-order valence-corrected chi connectivity index (χ4v) is 2.58. The third-order valence-corrected chi connectivity index (χ3v) is 4.14. The lowest BCUT2D eigenvalue weighted by Crippen LogP contribution is -2.42. The molecule has 1 aliphatic heterocycles. The normalized spacial score (nSPS) is 26.0. The van der Waals surface area contributed by atoms with Crippen molar-refractivity contribution in [1.82, 2.24) is 5.32 Å². The molecule has 18 heavy (non-hydrogen) atoms. The average molecular weight is 247 g/mol. The van der Waals surface area contributed by atoms with Crippen molar-refractivity contribution in [3.8, 4) is 0 Å². The van der Waals surface area contributed by atoms with E-state index in [-0.39, 0.29) is 0 Å². The van der Waals surface area contributed by atoms with E-state index in [4.69, 9.17) is 4.74 Å². The highest BCUT2D eigenvalue weighted by Crippen LogP contribution is 2.21. The van der Waals surface area contributed by atoms with Crippen molar-refractivity contribution < 1.29 is 4.74 Å². The Bertz CT molecular complexity index is 402. The second-order valence-electron chi connectivity index (χ2n) is 5.68. The van der Waals surface area contributed by atoms with Gasteiger partial charge in [0.1, 0.15) is 0 Å². The standard InChI is InChI=1S/C16H25NO/c1-11-5-6-15(9-12(11)2)14(4)17-16-7-8-18-10-13(16)3/h5-6,9,13-14,16-17H,7-8,10H2,1-4H3. The molecule has 3 atom stereocenters. The molecule has 1 aromatic carbocycles. The molecule has 1 aromatic rings. The quantitative estimate of drug-likeness (QED) is 0.884. The predicted octanol–water partition coefficient (Wildman–Crippen LogP) is 3.38. The van der Waals surface area contributed by atoms with E-state index in [1.54, 1.807) is 0 Å². The van der Waals surface area contributed by atoms with Crippen LogP contribution in [0.15, 0.2) is 18.2 Å². The van der Waals surface area contributed by atoms with Crippen LogP contribution in [0.1, 0.15) is 43.0 Å². The van der Waals surface area contributed by atoms with Gasteiger partial charge in [-0.15, -0.1) is 0 Å². The van der Waals surface area contributed by atoms with Crippen LogP contribution in [-0.2, 0) is 4.74 Å². The molecule has 1 saturated heterocycles. The molecule has 0 aromatic heterocycles. The van der Waals surface area contributed by atoms with Crippen molar-refractivity contribution in [2.45, 2.75) is 46.2 Å². The molecule has 3 unspecified atom stereocenters. The van der Waals surface area contributed by atoms with E-state index in [0.717, 1.165) is 19.6 Å². The van der Waals surface area contributed by atoms with E-state index in [2.05, 4.69) is 51.2 Å². The van der Waals surface area contributed by atoms with Gasteiger partial charge in [0, 0.05) is 18.7 Å². The fourth-order valence-electron chi connectivity index (χ4n) is 2.58. The van der Waals surface area contributed by atoms with Gasteiger partial charge in [0.25, 0.3) is 0 Å². The van der Waals surface area contributed by atoms with Crippen LogP contribution >= 0.6 is 0 Å². The maximum absolute atomic E-state index is 5.49. The summed E-state index contributed by atoms with van der Waals surface area (Å²) in [6.45, 7) is 10.6. The van der Waals surface area contributed by atoms with Gasteiger partial charge < -0.3 is 10.1 Å². The smallest absolute Gasteiger partial charge is 0.0506 e. The van der Waals surface area contributed by atoms with Gasteiger partial charge in [-0.2, -0.15) is 0 Å². The van der Waals surface area contributed by atoms with Crippen LogP contribution in [0.2, 0.25) is 0 Å². The number of hydrogen-bond acceptors (Lipinski definition) is 2. The second kappa shape index (κ2) is 5.85. The van der Waals surface area contributed by atoms with Gasteiger partial charge in [-0.1, -0.05) is 25.1 Å². The molecule has 0 radical (unpaired) electrons. The Labute approximate surface area is 111 Å². The maximum atomic E-state index is 5.49. The zero-order valence-electron chi connectivity index (χ0n) is 12.0. The van der Waals surface area contributed by atoms with Gasteiger partial charge in [0.15, 0.2) is 0 Å². The molecule has 0 saturated carbocycles. The number of rotatable bonds is 3. The van der Waals surface area contributed by atoms with Crippen LogP contribution in [-0.4, -0.2) is 19.3 Å². The zero-order chi connectivity index (χ0) is 13.1. The molecule has 2 rings (SSSR count). The second-order valence-corrected chi connectivity index (χ2v) is 5.68. The van der Waals surface area contributed by atoms with Gasteiger partial charge >= 0.3 is 0 Å². The summed E-state index contributed by atoms with van der Waals surface area (Å²) in [5, 5.41) is 3.75. The van der Waals surface area contributed by atoms with E-state index >= 15 is 0 Å².